The summed E-state index contributed by atoms with van der Waals surface area (Å²) in [6.45, 7) is 3.10. The van der Waals surface area contributed by atoms with E-state index in [1.165, 1.54) is 28.9 Å². The standard InChI is InChI=1S/C22H28N2O2S/c23-13-15-5-6-18-17(11-15)22(14-26-18)7-9-24(10-8-22)21(25)20-12-16-3-1-2-4-19(16)27-20/h6,11-12,15H,1-5,7-10,13-14,23H2. The van der Waals surface area contributed by atoms with Crippen molar-refractivity contribution in [1.29, 1.82) is 0 Å². The molecular formula is C22H28N2O2S. The van der Waals surface area contributed by atoms with Gasteiger partial charge in [-0.05, 0) is 80.7 Å². The van der Waals surface area contributed by atoms with E-state index in [0.29, 0.717) is 12.5 Å². The molecular weight excluding hydrogens is 356 g/mol. The van der Waals surface area contributed by atoms with Gasteiger partial charge in [0.25, 0.3) is 5.91 Å². The van der Waals surface area contributed by atoms with Crippen molar-refractivity contribution in [3.8, 4) is 0 Å². The molecule has 144 valence electrons. The quantitative estimate of drug-likeness (QED) is 0.846. The molecule has 1 amide bonds. The SMILES string of the molecule is NCC1C=C2C(=CC1)OCC21CCN(C(=O)c2cc3c(s2)CCCC3)CC1. The summed E-state index contributed by atoms with van der Waals surface area (Å²) in [6.07, 6.45) is 12.4. The summed E-state index contributed by atoms with van der Waals surface area (Å²) >= 11 is 1.73. The van der Waals surface area contributed by atoms with Gasteiger partial charge in [-0.3, -0.25) is 4.79 Å². The van der Waals surface area contributed by atoms with Crippen LogP contribution >= 0.6 is 11.3 Å². The Bertz CT molecular complexity index is 791. The van der Waals surface area contributed by atoms with Gasteiger partial charge in [0.05, 0.1) is 11.5 Å². The maximum absolute atomic E-state index is 13.1. The predicted molar refractivity (Wildman–Crippen MR) is 108 cm³/mol. The molecule has 1 aromatic rings. The minimum Gasteiger partial charge on any atom is -0.493 e. The van der Waals surface area contributed by atoms with Crippen LogP contribution in [0.5, 0.6) is 0 Å². The van der Waals surface area contributed by atoms with Crippen molar-refractivity contribution in [2.24, 2.45) is 17.1 Å². The predicted octanol–water partition coefficient (Wildman–Crippen LogP) is 3.67. The Morgan fingerprint density at radius 3 is 2.89 bits per heavy atom. The molecule has 4 aliphatic rings. The van der Waals surface area contributed by atoms with Crippen molar-refractivity contribution in [2.75, 3.05) is 26.2 Å². The second-order valence-electron chi connectivity index (χ2n) is 8.51. The molecule has 0 saturated carbocycles. The summed E-state index contributed by atoms with van der Waals surface area (Å²) in [7, 11) is 0. The summed E-state index contributed by atoms with van der Waals surface area (Å²) in [6, 6.07) is 2.17. The highest BCUT2D eigenvalue weighted by atomic mass is 32.1. The van der Waals surface area contributed by atoms with Gasteiger partial charge in [0.2, 0.25) is 0 Å². The summed E-state index contributed by atoms with van der Waals surface area (Å²) in [5.74, 6) is 1.74. The monoisotopic (exact) mass is 384 g/mol. The third kappa shape index (κ3) is 2.95. The largest absolute Gasteiger partial charge is 0.493 e. The normalized spacial score (nSPS) is 26.1. The molecule has 3 heterocycles. The molecule has 1 atom stereocenters. The zero-order chi connectivity index (χ0) is 18.4. The van der Waals surface area contributed by atoms with E-state index in [-0.39, 0.29) is 11.3 Å². The Morgan fingerprint density at radius 1 is 1.30 bits per heavy atom. The highest BCUT2D eigenvalue weighted by molar-refractivity contribution is 7.14. The topological polar surface area (TPSA) is 55.6 Å². The van der Waals surface area contributed by atoms with Crippen LogP contribution in [0.25, 0.3) is 0 Å². The highest BCUT2D eigenvalue weighted by Gasteiger charge is 2.46. The molecule has 2 aliphatic carbocycles. The first-order valence-electron chi connectivity index (χ1n) is 10.4. The van der Waals surface area contributed by atoms with Gasteiger partial charge in [-0.15, -0.1) is 11.3 Å². The molecule has 2 saturated heterocycles. The van der Waals surface area contributed by atoms with Crippen molar-refractivity contribution >= 4 is 17.2 Å². The first-order valence-corrected chi connectivity index (χ1v) is 11.2. The number of ether oxygens (including phenoxy) is 1. The van der Waals surface area contributed by atoms with Crippen LogP contribution in [0.3, 0.4) is 0 Å². The number of piperidine rings is 1. The molecule has 5 heteroatoms. The van der Waals surface area contributed by atoms with Crippen molar-refractivity contribution in [1.82, 2.24) is 4.90 Å². The summed E-state index contributed by atoms with van der Waals surface area (Å²) in [4.78, 5) is 17.5. The number of thiophene rings is 1. The van der Waals surface area contributed by atoms with Gasteiger partial charge in [-0.25, -0.2) is 0 Å². The molecule has 1 aromatic heterocycles. The van der Waals surface area contributed by atoms with E-state index in [2.05, 4.69) is 23.1 Å². The molecule has 2 aliphatic heterocycles. The molecule has 0 aromatic carbocycles. The fourth-order valence-corrected chi connectivity index (χ4v) is 6.31. The lowest BCUT2D eigenvalue weighted by Gasteiger charge is -2.39. The summed E-state index contributed by atoms with van der Waals surface area (Å²) < 4.78 is 6.03. The number of nitrogens with zero attached hydrogens (tertiary/aromatic N) is 1. The third-order valence-electron chi connectivity index (χ3n) is 6.87. The summed E-state index contributed by atoms with van der Waals surface area (Å²) in [5.41, 5.74) is 8.78. The van der Waals surface area contributed by atoms with Gasteiger partial charge in [0.1, 0.15) is 5.76 Å². The van der Waals surface area contributed by atoms with Gasteiger partial charge < -0.3 is 15.4 Å². The zero-order valence-electron chi connectivity index (χ0n) is 15.8. The van der Waals surface area contributed by atoms with Crippen LogP contribution in [0.1, 0.15) is 52.2 Å². The number of fused-ring (bicyclic) bond motifs is 3. The fourth-order valence-electron chi connectivity index (χ4n) is 5.09. The van der Waals surface area contributed by atoms with Crippen LogP contribution in [-0.4, -0.2) is 37.0 Å². The lowest BCUT2D eigenvalue weighted by Crippen LogP contribution is -2.44. The number of hydrogen-bond donors (Lipinski definition) is 1. The molecule has 2 fully saturated rings. The van der Waals surface area contributed by atoms with Crippen molar-refractivity contribution < 1.29 is 9.53 Å². The highest BCUT2D eigenvalue weighted by Crippen LogP contribution is 2.50. The minimum absolute atomic E-state index is 0.0884. The van der Waals surface area contributed by atoms with Crippen LogP contribution in [-0.2, 0) is 17.6 Å². The van der Waals surface area contributed by atoms with Gasteiger partial charge in [0, 0.05) is 23.4 Å². The number of aryl methyl sites for hydroxylation is 2. The molecule has 27 heavy (non-hydrogen) atoms. The van der Waals surface area contributed by atoms with E-state index >= 15 is 0 Å². The Hall–Kier alpha value is -1.59. The van der Waals surface area contributed by atoms with Crippen molar-refractivity contribution in [3.63, 3.8) is 0 Å². The second kappa shape index (κ2) is 6.78. The van der Waals surface area contributed by atoms with E-state index in [0.717, 1.165) is 62.4 Å². The number of amides is 1. The maximum Gasteiger partial charge on any atom is 0.263 e. The fraction of sp³-hybridized carbons (Fsp3) is 0.591. The van der Waals surface area contributed by atoms with Gasteiger partial charge in [0.15, 0.2) is 0 Å². The first-order chi connectivity index (χ1) is 13.2. The Morgan fingerprint density at radius 2 is 2.11 bits per heavy atom. The maximum atomic E-state index is 13.1. The number of nitrogens with two attached hydrogens (primary N) is 1. The van der Waals surface area contributed by atoms with Gasteiger partial charge in [-0.1, -0.05) is 6.08 Å². The Kier molecular flexibility index (Phi) is 4.40. The molecule has 1 spiro atoms. The van der Waals surface area contributed by atoms with E-state index in [1.807, 2.05) is 0 Å². The average molecular weight is 385 g/mol. The number of rotatable bonds is 2. The van der Waals surface area contributed by atoms with Crippen LogP contribution in [0.15, 0.2) is 29.6 Å². The van der Waals surface area contributed by atoms with Crippen LogP contribution in [0, 0.1) is 11.3 Å². The number of allylic oxidation sites excluding steroid dienone is 2. The minimum atomic E-state index is 0.0884. The molecule has 4 nitrogen and oxygen atoms in total. The van der Waals surface area contributed by atoms with E-state index in [4.69, 9.17) is 10.5 Å². The van der Waals surface area contributed by atoms with Crippen LogP contribution in [0.2, 0.25) is 0 Å². The molecule has 1 unspecified atom stereocenters. The molecule has 0 radical (unpaired) electrons. The first kappa shape index (κ1) is 17.5. The lowest BCUT2D eigenvalue weighted by atomic mass is 9.71. The number of likely N-dealkylation sites (tertiary alicyclic amines) is 1. The molecule has 0 bridgehead atoms. The number of carbonyl (C=O) groups is 1. The second-order valence-corrected chi connectivity index (χ2v) is 9.64. The van der Waals surface area contributed by atoms with Crippen molar-refractivity contribution in [3.05, 3.63) is 44.9 Å². The smallest absolute Gasteiger partial charge is 0.263 e. The van der Waals surface area contributed by atoms with Crippen molar-refractivity contribution in [2.45, 2.75) is 44.9 Å². The lowest BCUT2D eigenvalue weighted by molar-refractivity contribution is 0.0588. The van der Waals surface area contributed by atoms with Crippen LogP contribution in [0.4, 0.5) is 0 Å². The molecule has 5 rings (SSSR count). The van der Waals surface area contributed by atoms with E-state index in [1.54, 1.807) is 11.3 Å². The summed E-state index contributed by atoms with van der Waals surface area (Å²) in [5, 5.41) is 0. The van der Waals surface area contributed by atoms with E-state index < -0.39 is 0 Å². The Balaban J connectivity index is 1.30. The van der Waals surface area contributed by atoms with Crippen LogP contribution < -0.4 is 5.73 Å². The third-order valence-corrected chi connectivity index (χ3v) is 8.09. The Labute approximate surface area is 165 Å². The van der Waals surface area contributed by atoms with Gasteiger partial charge >= 0.3 is 0 Å². The van der Waals surface area contributed by atoms with Gasteiger partial charge in [-0.2, -0.15) is 0 Å². The average Bonchev–Trinajstić information content (AvgIpc) is 3.30. The van der Waals surface area contributed by atoms with E-state index in [9.17, 15) is 4.79 Å². The number of carbonyl (C=O) groups excluding carboxylic acids is 1. The number of hydrogen-bond acceptors (Lipinski definition) is 4. The molecule has 2 N–H and O–H groups in total. The zero-order valence-corrected chi connectivity index (χ0v) is 16.7.